The predicted octanol–water partition coefficient (Wildman–Crippen LogP) is 1.39. The zero-order valence-electron chi connectivity index (χ0n) is 11.2. The van der Waals surface area contributed by atoms with Crippen LogP contribution in [-0.2, 0) is 4.79 Å². The van der Waals surface area contributed by atoms with Crippen LogP contribution in [0, 0.1) is 11.8 Å². The lowest BCUT2D eigenvalue weighted by Crippen LogP contribution is -2.24. The Kier molecular flexibility index (Phi) is 4.53. The number of aromatic nitrogens is 2. The summed E-state index contributed by atoms with van der Waals surface area (Å²) in [4.78, 5) is 12.2. The van der Waals surface area contributed by atoms with Crippen LogP contribution in [0.15, 0.2) is 42.7 Å². The van der Waals surface area contributed by atoms with Crippen molar-refractivity contribution in [1.82, 2.24) is 9.78 Å². The number of amides is 1. The molecule has 5 heteroatoms. The van der Waals surface area contributed by atoms with Gasteiger partial charge in [-0.15, -0.1) is 0 Å². The molecule has 0 saturated carbocycles. The molecule has 0 radical (unpaired) electrons. The molecule has 0 spiro atoms. The van der Waals surface area contributed by atoms with Gasteiger partial charge < -0.3 is 11.1 Å². The number of nitrogens with one attached hydrogen (secondary N) is 1. The summed E-state index contributed by atoms with van der Waals surface area (Å²) in [5.41, 5.74) is 6.79. The van der Waals surface area contributed by atoms with Gasteiger partial charge in [-0.1, -0.05) is 24.0 Å². The van der Waals surface area contributed by atoms with Crippen LogP contribution in [0.3, 0.4) is 0 Å². The lowest BCUT2D eigenvalue weighted by Gasteiger charge is -2.13. The van der Waals surface area contributed by atoms with Crippen LogP contribution >= 0.6 is 0 Å². The molecule has 0 bridgehead atoms. The molecule has 1 unspecified atom stereocenters. The second-order valence-electron chi connectivity index (χ2n) is 4.20. The minimum absolute atomic E-state index is 0.143. The molecular formula is C15H16N4O. The Morgan fingerprint density at radius 2 is 2.25 bits per heavy atom. The molecule has 1 atom stereocenters. The predicted molar refractivity (Wildman–Crippen MR) is 77.9 cm³/mol. The Labute approximate surface area is 117 Å². The van der Waals surface area contributed by atoms with Crippen molar-refractivity contribution in [2.45, 2.75) is 13.0 Å². The highest BCUT2D eigenvalue weighted by Gasteiger charge is 2.15. The number of benzene rings is 1. The lowest BCUT2D eigenvalue weighted by molar-refractivity contribution is -0.119. The summed E-state index contributed by atoms with van der Waals surface area (Å²) in [5.74, 6) is 5.58. The summed E-state index contributed by atoms with van der Waals surface area (Å²) in [7, 11) is 0. The first-order valence-corrected chi connectivity index (χ1v) is 6.30. The molecule has 3 N–H and O–H groups in total. The summed E-state index contributed by atoms with van der Waals surface area (Å²) < 4.78 is 1.60. The maximum atomic E-state index is 12.2. The second kappa shape index (κ2) is 6.55. The zero-order valence-corrected chi connectivity index (χ0v) is 11.2. The number of carbonyl (C=O) groups excluding carboxylic acids is 1. The normalized spacial score (nSPS) is 11.3. The highest BCUT2D eigenvalue weighted by Crippen LogP contribution is 2.16. The molecule has 0 aliphatic carbocycles. The van der Waals surface area contributed by atoms with Gasteiger partial charge in [0.1, 0.15) is 6.04 Å². The molecule has 1 aromatic carbocycles. The van der Waals surface area contributed by atoms with Gasteiger partial charge in [0.25, 0.3) is 0 Å². The summed E-state index contributed by atoms with van der Waals surface area (Å²) in [6.07, 6.45) is 3.40. The van der Waals surface area contributed by atoms with Gasteiger partial charge in [0.2, 0.25) is 5.91 Å². The largest absolute Gasteiger partial charge is 0.323 e. The quantitative estimate of drug-likeness (QED) is 0.826. The number of hydrogen-bond acceptors (Lipinski definition) is 3. The summed E-state index contributed by atoms with van der Waals surface area (Å²) in [6.45, 7) is 2.07. The number of hydrogen-bond donors (Lipinski definition) is 2. The smallest absolute Gasteiger partial charge is 0.248 e. The van der Waals surface area contributed by atoms with Gasteiger partial charge in [0, 0.05) is 18.0 Å². The SMILES string of the molecule is CC(C(=O)Nc1ccccc1C#CCN)n1cccn1. The molecule has 0 fully saturated rings. The number of carbonyl (C=O) groups is 1. The third-order valence-electron chi connectivity index (χ3n) is 2.81. The Hall–Kier alpha value is -2.58. The fourth-order valence-corrected chi connectivity index (χ4v) is 1.71. The number of nitrogens with zero attached hydrogens (tertiary/aromatic N) is 2. The van der Waals surface area contributed by atoms with Crippen molar-refractivity contribution in [3.05, 3.63) is 48.3 Å². The van der Waals surface area contributed by atoms with E-state index in [1.165, 1.54) is 0 Å². The van der Waals surface area contributed by atoms with Gasteiger partial charge in [0.05, 0.1) is 12.2 Å². The topological polar surface area (TPSA) is 72.9 Å². The van der Waals surface area contributed by atoms with E-state index < -0.39 is 0 Å². The van der Waals surface area contributed by atoms with Crippen LogP contribution < -0.4 is 11.1 Å². The maximum absolute atomic E-state index is 12.2. The summed E-state index contributed by atoms with van der Waals surface area (Å²) >= 11 is 0. The van der Waals surface area contributed by atoms with Crippen molar-refractivity contribution >= 4 is 11.6 Å². The highest BCUT2D eigenvalue weighted by atomic mass is 16.2. The molecular weight excluding hydrogens is 252 g/mol. The fourth-order valence-electron chi connectivity index (χ4n) is 1.71. The van der Waals surface area contributed by atoms with Gasteiger partial charge in [0.15, 0.2) is 0 Å². The molecule has 0 aliphatic heterocycles. The van der Waals surface area contributed by atoms with Crippen LogP contribution in [0.1, 0.15) is 18.5 Å². The van der Waals surface area contributed by atoms with Crippen molar-refractivity contribution in [3.63, 3.8) is 0 Å². The maximum Gasteiger partial charge on any atom is 0.248 e. The van der Waals surface area contributed by atoms with Crippen molar-refractivity contribution in [3.8, 4) is 11.8 Å². The van der Waals surface area contributed by atoms with E-state index in [2.05, 4.69) is 22.3 Å². The van der Waals surface area contributed by atoms with E-state index in [4.69, 9.17) is 5.73 Å². The highest BCUT2D eigenvalue weighted by molar-refractivity contribution is 5.94. The van der Waals surface area contributed by atoms with Crippen LogP contribution in [0.5, 0.6) is 0 Å². The molecule has 1 heterocycles. The van der Waals surface area contributed by atoms with Crippen molar-refractivity contribution in [2.75, 3.05) is 11.9 Å². The average molecular weight is 268 g/mol. The number of anilines is 1. The fraction of sp³-hybridized carbons (Fsp3) is 0.200. The van der Waals surface area contributed by atoms with Gasteiger partial charge >= 0.3 is 0 Å². The molecule has 1 amide bonds. The van der Waals surface area contributed by atoms with Crippen LogP contribution in [0.2, 0.25) is 0 Å². The van der Waals surface area contributed by atoms with Crippen LogP contribution in [0.25, 0.3) is 0 Å². The Bertz CT molecular complexity index is 637. The first-order valence-electron chi connectivity index (χ1n) is 6.30. The van der Waals surface area contributed by atoms with E-state index >= 15 is 0 Å². The van der Waals surface area contributed by atoms with Crippen molar-refractivity contribution < 1.29 is 4.79 Å². The van der Waals surface area contributed by atoms with Crippen molar-refractivity contribution in [2.24, 2.45) is 5.73 Å². The van der Waals surface area contributed by atoms with Gasteiger partial charge in [-0.05, 0) is 25.1 Å². The van der Waals surface area contributed by atoms with E-state index in [-0.39, 0.29) is 18.5 Å². The number of rotatable bonds is 3. The molecule has 0 aliphatic rings. The average Bonchev–Trinajstić information content (AvgIpc) is 2.99. The monoisotopic (exact) mass is 268 g/mol. The molecule has 2 aromatic rings. The Morgan fingerprint density at radius 3 is 2.95 bits per heavy atom. The third-order valence-corrected chi connectivity index (χ3v) is 2.81. The number of nitrogens with two attached hydrogens (primary N) is 1. The van der Waals surface area contributed by atoms with Crippen molar-refractivity contribution in [1.29, 1.82) is 0 Å². The molecule has 5 nitrogen and oxygen atoms in total. The van der Waals surface area contributed by atoms with E-state index in [1.807, 2.05) is 24.3 Å². The minimum Gasteiger partial charge on any atom is -0.323 e. The second-order valence-corrected chi connectivity index (χ2v) is 4.20. The first-order chi connectivity index (χ1) is 9.72. The summed E-state index contributed by atoms with van der Waals surface area (Å²) in [6, 6.07) is 8.77. The molecule has 0 saturated heterocycles. The standard InChI is InChI=1S/C15H16N4O/c1-12(19-11-5-10-17-19)15(20)18-14-8-3-2-6-13(14)7-4-9-16/h2-3,5-6,8,10-12H,9,16H2,1H3,(H,18,20). The van der Waals surface area contributed by atoms with E-state index in [9.17, 15) is 4.79 Å². The van der Waals surface area contributed by atoms with E-state index in [1.54, 1.807) is 30.1 Å². The molecule has 20 heavy (non-hydrogen) atoms. The van der Waals surface area contributed by atoms with Crippen LogP contribution in [-0.4, -0.2) is 22.2 Å². The minimum atomic E-state index is -0.388. The Balaban J connectivity index is 2.16. The third kappa shape index (κ3) is 3.25. The lowest BCUT2D eigenvalue weighted by atomic mass is 10.1. The van der Waals surface area contributed by atoms with Gasteiger partial charge in [-0.2, -0.15) is 5.10 Å². The molecule has 1 aromatic heterocycles. The zero-order chi connectivity index (χ0) is 14.4. The van der Waals surface area contributed by atoms with Crippen LogP contribution in [0.4, 0.5) is 5.69 Å². The Morgan fingerprint density at radius 1 is 1.45 bits per heavy atom. The van der Waals surface area contributed by atoms with Gasteiger partial charge in [-0.25, -0.2) is 0 Å². The van der Waals surface area contributed by atoms with E-state index in [0.29, 0.717) is 5.69 Å². The molecule has 2 rings (SSSR count). The number of para-hydroxylation sites is 1. The van der Waals surface area contributed by atoms with E-state index in [0.717, 1.165) is 5.56 Å². The van der Waals surface area contributed by atoms with Gasteiger partial charge in [-0.3, -0.25) is 9.48 Å². The summed E-state index contributed by atoms with van der Waals surface area (Å²) in [5, 5.41) is 6.93. The first kappa shape index (κ1) is 13.8. The molecule has 102 valence electrons.